The Bertz CT molecular complexity index is 243. The second kappa shape index (κ2) is 6.83. The van der Waals surface area contributed by atoms with Crippen molar-refractivity contribution < 1.29 is 22.7 Å². The molecule has 0 bridgehead atoms. The lowest BCUT2D eigenvalue weighted by Gasteiger charge is -2.30. The van der Waals surface area contributed by atoms with Gasteiger partial charge in [0.25, 0.3) is 0 Å². The molecule has 0 fully saturated rings. The van der Waals surface area contributed by atoms with E-state index >= 15 is 0 Å². The van der Waals surface area contributed by atoms with Crippen LogP contribution >= 0.6 is 0 Å². The van der Waals surface area contributed by atoms with Gasteiger partial charge < -0.3 is 10.5 Å². The van der Waals surface area contributed by atoms with E-state index in [0.29, 0.717) is 12.8 Å². The molecule has 0 aromatic heterocycles. The molecule has 17 heavy (non-hydrogen) atoms. The van der Waals surface area contributed by atoms with Crippen LogP contribution < -0.4 is 5.73 Å². The Kier molecular flexibility index (Phi) is 6.52. The van der Waals surface area contributed by atoms with Crippen LogP contribution in [0.15, 0.2) is 0 Å². The molecule has 0 aliphatic rings. The Balaban J connectivity index is 4.75. The highest BCUT2D eigenvalue weighted by Crippen LogP contribution is 2.35. The summed E-state index contributed by atoms with van der Waals surface area (Å²) in [7, 11) is 0. The highest BCUT2D eigenvalue weighted by Gasteiger charge is 2.41. The van der Waals surface area contributed by atoms with Crippen molar-refractivity contribution in [1.29, 1.82) is 0 Å². The van der Waals surface area contributed by atoms with Crippen molar-refractivity contribution in [1.82, 2.24) is 0 Å². The summed E-state index contributed by atoms with van der Waals surface area (Å²) >= 11 is 0. The molecule has 0 aromatic rings. The molecule has 0 heterocycles. The number of ether oxygens (including phenoxy) is 1. The molecule has 0 saturated heterocycles. The smallest absolute Gasteiger partial charge is 0.389 e. The summed E-state index contributed by atoms with van der Waals surface area (Å²) in [4.78, 5) is 11.7. The van der Waals surface area contributed by atoms with Gasteiger partial charge in [-0.15, -0.1) is 0 Å². The Labute approximate surface area is 99.5 Å². The topological polar surface area (TPSA) is 52.3 Å². The summed E-state index contributed by atoms with van der Waals surface area (Å²) in [6.07, 6.45) is -4.68. The number of carbonyl (C=O) groups is 1. The number of esters is 1. The molecule has 0 amide bonds. The first kappa shape index (κ1) is 16.2. The molecule has 6 heteroatoms. The van der Waals surface area contributed by atoms with Crippen LogP contribution in [-0.2, 0) is 9.53 Å². The standard InChI is InChI=1S/C11H20F3NO2/c1-3-5-10(8-15,9(16)17-4-2)6-7-11(12,13)14/h3-8,15H2,1-2H3. The monoisotopic (exact) mass is 255 g/mol. The molecule has 102 valence electrons. The number of carbonyl (C=O) groups excluding carboxylic acids is 1. The van der Waals surface area contributed by atoms with Gasteiger partial charge >= 0.3 is 12.1 Å². The minimum absolute atomic E-state index is 0.115. The number of hydrogen-bond donors (Lipinski definition) is 1. The van der Waals surface area contributed by atoms with Crippen LogP contribution in [-0.4, -0.2) is 25.3 Å². The lowest BCUT2D eigenvalue weighted by Crippen LogP contribution is -2.41. The molecule has 0 aliphatic heterocycles. The Hall–Kier alpha value is -0.780. The third-order valence-electron chi connectivity index (χ3n) is 2.71. The van der Waals surface area contributed by atoms with Gasteiger partial charge in [0.15, 0.2) is 0 Å². The summed E-state index contributed by atoms with van der Waals surface area (Å²) < 4.78 is 41.5. The van der Waals surface area contributed by atoms with Crippen molar-refractivity contribution in [3.8, 4) is 0 Å². The van der Waals surface area contributed by atoms with Crippen LogP contribution in [0.25, 0.3) is 0 Å². The van der Waals surface area contributed by atoms with Gasteiger partial charge in [-0.05, 0) is 19.8 Å². The molecule has 2 N–H and O–H groups in total. The van der Waals surface area contributed by atoms with E-state index in [-0.39, 0.29) is 19.6 Å². The Morgan fingerprint density at radius 1 is 1.18 bits per heavy atom. The predicted molar refractivity (Wildman–Crippen MR) is 58.3 cm³/mol. The zero-order valence-electron chi connectivity index (χ0n) is 10.3. The zero-order valence-corrected chi connectivity index (χ0v) is 10.3. The Morgan fingerprint density at radius 2 is 1.76 bits per heavy atom. The molecule has 0 rings (SSSR count). The minimum Gasteiger partial charge on any atom is -0.466 e. The number of alkyl halides is 3. The first-order valence-electron chi connectivity index (χ1n) is 5.75. The Morgan fingerprint density at radius 3 is 2.12 bits per heavy atom. The average Bonchev–Trinajstić information content (AvgIpc) is 2.23. The highest BCUT2D eigenvalue weighted by molar-refractivity contribution is 5.77. The second-order valence-corrected chi connectivity index (χ2v) is 4.07. The summed E-state index contributed by atoms with van der Waals surface area (Å²) in [6, 6.07) is 0. The van der Waals surface area contributed by atoms with Crippen LogP contribution in [0.1, 0.15) is 39.5 Å². The molecular weight excluding hydrogens is 235 g/mol. The number of halogens is 3. The van der Waals surface area contributed by atoms with E-state index in [9.17, 15) is 18.0 Å². The first-order valence-corrected chi connectivity index (χ1v) is 5.75. The first-order chi connectivity index (χ1) is 7.81. The van der Waals surface area contributed by atoms with Crippen molar-refractivity contribution in [2.75, 3.05) is 13.2 Å². The quantitative estimate of drug-likeness (QED) is 0.711. The number of hydrogen-bond acceptors (Lipinski definition) is 3. The van der Waals surface area contributed by atoms with Crippen LogP contribution in [0, 0.1) is 5.41 Å². The van der Waals surface area contributed by atoms with Crippen molar-refractivity contribution in [3.63, 3.8) is 0 Å². The number of rotatable bonds is 7. The molecule has 3 nitrogen and oxygen atoms in total. The van der Waals surface area contributed by atoms with Gasteiger partial charge in [0.05, 0.1) is 12.0 Å². The van der Waals surface area contributed by atoms with Gasteiger partial charge in [0, 0.05) is 13.0 Å². The summed E-state index contributed by atoms with van der Waals surface area (Å²) in [5, 5.41) is 0. The maximum absolute atomic E-state index is 12.2. The highest BCUT2D eigenvalue weighted by atomic mass is 19.4. The predicted octanol–water partition coefficient (Wildman–Crippen LogP) is 2.64. The molecule has 0 saturated carbocycles. The third-order valence-corrected chi connectivity index (χ3v) is 2.71. The van der Waals surface area contributed by atoms with Gasteiger partial charge in [0.2, 0.25) is 0 Å². The summed E-state index contributed by atoms with van der Waals surface area (Å²) in [5.41, 5.74) is 4.29. The fraction of sp³-hybridized carbons (Fsp3) is 0.909. The van der Waals surface area contributed by atoms with Gasteiger partial charge in [-0.1, -0.05) is 13.3 Å². The lowest BCUT2D eigenvalue weighted by atomic mass is 9.79. The van der Waals surface area contributed by atoms with Gasteiger partial charge in [0.1, 0.15) is 0 Å². The summed E-state index contributed by atoms with van der Waals surface area (Å²) in [5.74, 6) is -0.617. The molecule has 0 aromatic carbocycles. The van der Waals surface area contributed by atoms with Crippen LogP contribution in [0.2, 0.25) is 0 Å². The molecule has 0 spiro atoms. The maximum Gasteiger partial charge on any atom is 0.389 e. The molecular formula is C11H20F3NO2. The molecule has 0 radical (unpaired) electrons. The van der Waals surface area contributed by atoms with Crippen molar-refractivity contribution in [3.05, 3.63) is 0 Å². The number of nitrogens with two attached hydrogens (primary N) is 1. The normalized spacial score (nSPS) is 15.4. The van der Waals surface area contributed by atoms with E-state index in [1.165, 1.54) is 0 Å². The fourth-order valence-corrected chi connectivity index (χ4v) is 1.76. The van der Waals surface area contributed by atoms with Crippen molar-refractivity contribution in [2.24, 2.45) is 11.1 Å². The second-order valence-electron chi connectivity index (χ2n) is 4.07. The fourth-order valence-electron chi connectivity index (χ4n) is 1.76. The van der Waals surface area contributed by atoms with E-state index in [1.54, 1.807) is 13.8 Å². The van der Waals surface area contributed by atoms with Crippen molar-refractivity contribution >= 4 is 5.97 Å². The van der Waals surface area contributed by atoms with Crippen LogP contribution in [0.3, 0.4) is 0 Å². The minimum atomic E-state index is -4.28. The van der Waals surface area contributed by atoms with E-state index < -0.39 is 24.0 Å². The zero-order chi connectivity index (χ0) is 13.5. The van der Waals surface area contributed by atoms with E-state index in [2.05, 4.69) is 0 Å². The third kappa shape index (κ3) is 5.39. The molecule has 1 atom stereocenters. The van der Waals surface area contributed by atoms with E-state index in [0.717, 1.165) is 0 Å². The van der Waals surface area contributed by atoms with Crippen LogP contribution in [0.4, 0.5) is 13.2 Å². The van der Waals surface area contributed by atoms with Gasteiger partial charge in [-0.25, -0.2) is 0 Å². The SMILES string of the molecule is CCCC(CN)(CCC(F)(F)F)C(=O)OCC. The lowest BCUT2D eigenvalue weighted by molar-refractivity contribution is -0.163. The maximum atomic E-state index is 12.2. The van der Waals surface area contributed by atoms with Crippen molar-refractivity contribution in [2.45, 2.75) is 45.7 Å². The van der Waals surface area contributed by atoms with E-state index in [1.807, 2.05) is 0 Å². The molecule has 1 unspecified atom stereocenters. The summed E-state index contributed by atoms with van der Waals surface area (Å²) in [6.45, 7) is 3.46. The van der Waals surface area contributed by atoms with E-state index in [4.69, 9.17) is 10.5 Å². The average molecular weight is 255 g/mol. The van der Waals surface area contributed by atoms with Gasteiger partial charge in [-0.3, -0.25) is 4.79 Å². The largest absolute Gasteiger partial charge is 0.466 e. The van der Waals surface area contributed by atoms with Gasteiger partial charge in [-0.2, -0.15) is 13.2 Å². The van der Waals surface area contributed by atoms with Crippen LogP contribution in [0.5, 0.6) is 0 Å². The molecule has 0 aliphatic carbocycles.